The Hall–Kier alpha value is -3.29. The number of piperidine rings is 1. The molecule has 3 aromatic carbocycles. The van der Waals surface area contributed by atoms with Crippen molar-refractivity contribution < 1.29 is 22.7 Å². The smallest absolute Gasteiger partial charge is 0.248 e. The van der Waals surface area contributed by atoms with E-state index in [1.165, 1.54) is 0 Å². The molecule has 0 spiro atoms. The van der Waals surface area contributed by atoms with Crippen molar-refractivity contribution in [2.45, 2.75) is 55.9 Å². The maximum absolute atomic E-state index is 13.7. The summed E-state index contributed by atoms with van der Waals surface area (Å²) in [5.74, 6) is -1.53. The van der Waals surface area contributed by atoms with Crippen LogP contribution < -0.4 is 0 Å². The number of rotatable bonds is 11. The molecule has 2 atom stereocenters. The Morgan fingerprint density at radius 3 is 2.11 bits per heavy atom. The number of aryl methyl sites for hydroxylation is 1. The predicted molar refractivity (Wildman–Crippen MR) is 142 cm³/mol. The quantitative estimate of drug-likeness (QED) is 0.260. The summed E-state index contributed by atoms with van der Waals surface area (Å²) in [7, 11) is -3.98. The molecule has 0 bridgehead atoms. The van der Waals surface area contributed by atoms with Crippen LogP contribution in [0.25, 0.3) is 0 Å². The van der Waals surface area contributed by atoms with Crippen LogP contribution in [0.15, 0.2) is 89.8 Å². The Balaban J connectivity index is 1.47. The molecule has 0 unspecified atom stereocenters. The topological polar surface area (TPSA) is 80.8 Å². The van der Waals surface area contributed by atoms with Gasteiger partial charge in [-0.15, -0.1) is 0 Å². The Kier molecular flexibility index (Phi) is 8.90. The Morgan fingerprint density at radius 1 is 0.838 bits per heavy atom. The summed E-state index contributed by atoms with van der Waals surface area (Å²) in [5.41, 5.74) is 2.81. The second kappa shape index (κ2) is 12.3. The average molecular weight is 520 g/mol. The van der Waals surface area contributed by atoms with Gasteiger partial charge >= 0.3 is 0 Å². The van der Waals surface area contributed by atoms with Crippen molar-refractivity contribution >= 4 is 21.7 Å². The van der Waals surface area contributed by atoms with E-state index in [1.54, 1.807) is 24.3 Å². The van der Waals surface area contributed by atoms with Crippen molar-refractivity contribution in [2.24, 2.45) is 5.92 Å². The van der Waals surface area contributed by atoms with Crippen molar-refractivity contribution in [3.63, 3.8) is 0 Å². The number of amides is 2. The van der Waals surface area contributed by atoms with Crippen LogP contribution in [0, 0.1) is 12.8 Å². The Morgan fingerprint density at radius 2 is 1.46 bits per heavy atom. The van der Waals surface area contributed by atoms with Gasteiger partial charge in [0.2, 0.25) is 11.8 Å². The van der Waals surface area contributed by atoms with Crippen LogP contribution in [-0.2, 0) is 37.3 Å². The normalized spacial score (nSPS) is 18.2. The van der Waals surface area contributed by atoms with Gasteiger partial charge in [-0.05, 0) is 48.9 Å². The molecule has 2 amide bonds. The molecular formula is C30H33NO5S. The lowest BCUT2D eigenvalue weighted by atomic mass is 9.89. The van der Waals surface area contributed by atoms with E-state index in [0.29, 0.717) is 26.1 Å². The van der Waals surface area contributed by atoms with Gasteiger partial charge in [-0.2, -0.15) is 0 Å². The summed E-state index contributed by atoms with van der Waals surface area (Å²) in [6.07, 6.45) is 1.87. The van der Waals surface area contributed by atoms with Gasteiger partial charge in [-0.25, -0.2) is 8.42 Å². The lowest BCUT2D eigenvalue weighted by molar-refractivity contribution is -0.150. The monoisotopic (exact) mass is 519 g/mol. The minimum absolute atomic E-state index is 0.0270. The molecule has 37 heavy (non-hydrogen) atoms. The fraction of sp³-hybridized carbons (Fsp3) is 0.333. The van der Waals surface area contributed by atoms with E-state index in [-0.39, 0.29) is 23.8 Å². The molecule has 1 aliphatic rings. The zero-order chi connectivity index (χ0) is 26.3. The largest absolute Gasteiger partial charge is 0.377 e. The van der Waals surface area contributed by atoms with Crippen LogP contribution in [-0.4, -0.2) is 37.0 Å². The van der Waals surface area contributed by atoms with Gasteiger partial charge in [-0.3, -0.25) is 14.5 Å². The van der Waals surface area contributed by atoms with Crippen molar-refractivity contribution in [3.05, 3.63) is 102 Å². The Bertz CT molecular complexity index is 1290. The first-order valence-electron chi connectivity index (χ1n) is 12.7. The van der Waals surface area contributed by atoms with Gasteiger partial charge in [0.1, 0.15) is 5.25 Å². The molecule has 194 valence electrons. The molecule has 7 heteroatoms. The molecule has 4 rings (SSSR count). The standard InChI is InChI=1S/C30H33NO5S/c1-23-15-17-27(18-16-23)37(34,35)29-26(14-8-9-19-36-22-25-12-6-3-7-13-25)20-28(32)31(30(29)33)21-24-10-4-2-5-11-24/h2-7,10-13,15-18,26,29H,8-9,14,19-22H2,1H3/t26-,29+/m1/s1. The number of imide groups is 1. The lowest BCUT2D eigenvalue weighted by Gasteiger charge is -2.36. The SMILES string of the molecule is Cc1ccc(S(=O)(=O)[C@@H]2C(=O)N(Cc3ccccc3)C(=O)C[C@H]2CCCCOCc2ccccc2)cc1. The van der Waals surface area contributed by atoms with Gasteiger partial charge in [0.05, 0.1) is 18.0 Å². The van der Waals surface area contributed by atoms with Crippen LogP contribution in [0.1, 0.15) is 42.4 Å². The molecule has 1 fully saturated rings. The third kappa shape index (κ3) is 6.73. The van der Waals surface area contributed by atoms with Crippen LogP contribution >= 0.6 is 0 Å². The zero-order valence-corrected chi connectivity index (χ0v) is 21.9. The number of benzene rings is 3. The third-order valence-electron chi connectivity index (χ3n) is 6.77. The number of nitrogens with zero attached hydrogens (tertiary/aromatic N) is 1. The van der Waals surface area contributed by atoms with E-state index < -0.39 is 26.9 Å². The van der Waals surface area contributed by atoms with Crippen molar-refractivity contribution in [1.82, 2.24) is 4.90 Å². The highest BCUT2D eigenvalue weighted by Crippen LogP contribution is 2.34. The predicted octanol–water partition coefficient (Wildman–Crippen LogP) is 5.10. The van der Waals surface area contributed by atoms with Gasteiger partial charge in [-0.1, -0.05) is 84.8 Å². The van der Waals surface area contributed by atoms with E-state index in [4.69, 9.17) is 4.74 Å². The molecule has 1 heterocycles. The van der Waals surface area contributed by atoms with Crippen LogP contribution in [0.5, 0.6) is 0 Å². The molecule has 6 nitrogen and oxygen atoms in total. The minimum atomic E-state index is -3.98. The highest BCUT2D eigenvalue weighted by molar-refractivity contribution is 7.92. The van der Waals surface area contributed by atoms with Crippen molar-refractivity contribution in [3.8, 4) is 0 Å². The summed E-state index contributed by atoms with van der Waals surface area (Å²) in [6.45, 7) is 2.99. The molecule has 0 N–H and O–H groups in total. The fourth-order valence-electron chi connectivity index (χ4n) is 4.74. The fourth-order valence-corrected chi connectivity index (χ4v) is 6.68. The van der Waals surface area contributed by atoms with Gasteiger partial charge in [0.15, 0.2) is 9.84 Å². The summed E-state index contributed by atoms with van der Waals surface area (Å²) in [4.78, 5) is 27.9. The number of unbranched alkanes of at least 4 members (excludes halogenated alkanes) is 1. The molecule has 0 saturated carbocycles. The summed E-state index contributed by atoms with van der Waals surface area (Å²) in [5, 5.41) is -1.29. The first-order valence-corrected chi connectivity index (χ1v) is 14.2. The molecule has 0 aromatic heterocycles. The maximum Gasteiger partial charge on any atom is 0.248 e. The van der Waals surface area contributed by atoms with E-state index in [2.05, 4.69) is 0 Å². The average Bonchev–Trinajstić information content (AvgIpc) is 2.89. The third-order valence-corrected chi connectivity index (χ3v) is 8.95. The van der Waals surface area contributed by atoms with Crippen LogP contribution in [0.2, 0.25) is 0 Å². The number of sulfone groups is 1. The summed E-state index contributed by atoms with van der Waals surface area (Å²) >= 11 is 0. The van der Waals surface area contributed by atoms with Crippen molar-refractivity contribution in [2.75, 3.05) is 6.61 Å². The van der Waals surface area contributed by atoms with Crippen LogP contribution in [0.4, 0.5) is 0 Å². The molecule has 0 radical (unpaired) electrons. The molecule has 0 aliphatic carbocycles. The molecule has 3 aromatic rings. The van der Waals surface area contributed by atoms with E-state index in [9.17, 15) is 18.0 Å². The zero-order valence-electron chi connectivity index (χ0n) is 21.1. The highest BCUT2D eigenvalue weighted by atomic mass is 32.2. The second-order valence-electron chi connectivity index (χ2n) is 9.58. The number of hydrogen-bond donors (Lipinski definition) is 0. The number of carbonyl (C=O) groups is 2. The highest BCUT2D eigenvalue weighted by Gasteiger charge is 2.48. The van der Waals surface area contributed by atoms with E-state index in [0.717, 1.165) is 28.0 Å². The first kappa shape index (κ1) is 26.8. The van der Waals surface area contributed by atoms with Gasteiger partial charge in [0, 0.05) is 13.0 Å². The summed E-state index contributed by atoms with van der Waals surface area (Å²) < 4.78 is 33.2. The summed E-state index contributed by atoms with van der Waals surface area (Å²) in [6, 6.07) is 25.6. The minimum Gasteiger partial charge on any atom is -0.377 e. The molecule has 1 aliphatic heterocycles. The number of hydrogen-bond acceptors (Lipinski definition) is 5. The Labute approximate surface area is 219 Å². The van der Waals surface area contributed by atoms with Crippen molar-refractivity contribution in [1.29, 1.82) is 0 Å². The number of likely N-dealkylation sites (tertiary alicyclic amines) is 1. The van der Waals surface area contributed by atoms with E-state index in [1.807, 2.05) is 67.6 Å². The van der Waals surface area contributed by atoms with Crippen LogP contribution in [0.3, 0.4) is 0 Å². The maximum atomic E-state index is 13.7. The first-order chi connectivity index (χ1) is 17.9. The number of carbonyl (C=O) groups excluding carboxylic acids is 2. The van der Waals surface area contributed by atoms with Gasteiger partial charge < -0.3 is 4.74 Å². The van der Waals surface area contributed by atoms with E-state index >= 15 is 0 Å². The lowest BCUT2D eigenvalue weighted by Crippen LogP contribution is -2.54. The second-order valence-corrected chi connectivity index (χ2v) is 11.6. The van der Waals surface area contributed by atoms with Gasteiger partial charge in [0.25, 0.3) is 0 Å². The molecule has 1 saturated heterocycles. The molecular weight excluding hydrogens is 486 g/mol. The number of ether oxygens (including phenoxy) is 1.